The van der Waals surface area contributed by atoms with Crippen molar-refractivity contribution in [2.75, 3.05) is 19.8 Å². The molecule has 3 aliphatic rings. The van der Waals surface area contributed by atoms with E-state index in [0.717, 1.165) is 12.8 Å². The molecule has 0 aromatic carbocycles. The minimum atomic E-state index is -1.45. The Balaban J connectivity index is 1.65. The van der Waals surface area contributed by atoms with Gasteiger partial charge in [0.2, 0.25) is 5.91 Å². The molecular formula is C21H37NO11. The molecule has 0 aromatic heterocycles. The number of aliphatic hydroxyl groups excluding tert-OH is 4. The van der Waals surface area contributed by atoms with Crippen molar-refractivity contribution >= 4 is 5.91 Å². The summed E-state index contributed by atoms with van der Waals surface area (Å²) in [5, 5.41) is 43.3. The van der Waals surface area contributed by atoms with Crippen LogP contribution < -0.4 is 5.32 Å². The zero-order chi connectivity index (χ0) is 24.3. The highest BCUT2D eigenvalue weighted by atomic mass is 16.8. The molecule has 33 heavy (non-hydrogen) atoms. The normalized spacial score (nSPS) is 41.0. The van der Waals surface area contributed by atoms with Gasteiger partial charge in [-0.25, -0.2) is 0 Å². The minimum absolute atomic E-state index is 0.303. The van der Waals surface area contributed by atoms with Crippen LogP contribution in [0.25, 0.3) is 0 Å². The monoisotopic (exact) mass is 479 g/mol. The summed E-state index contributed by atoms with van der Waals surface area (Å²) in [7, 11) is 0. The van der Waals surface area contributed by atoms with Gasteiger partial charge in [-0.05, 0) is 20.3 Å². The van der Waals surface area contributed by atoms with Crippen LogP contribution in [0.2, 0.25) is 0 Å². The maximum Gasteiger partial charge on any atom is 0.217 e. The fourth-order valence-corrected chi connectivity index (χ4v) is 4.27. The molecule has 3 fully saturated rings. The van der Waals surface area contributed by atoms with Gasteiger partial charge in [-0.3, -0.25) is 4.79 Å². The molecule has 0 radical (unpaired) electrons. The number of aliphatic hydroxyl groups is 4. The highest BCUT2D eigenvalue weighted by Crippen LogP contribution is 2.40. The van der Waals surface area contributed by atoms with Crippen molar-refractivity contribution in [3.63, 3.8) is 0 Å². The zero-order valence-electron chi connectivity index (χ0n) is 19.5. The van der Waals surface area contributed by atoms with Crippen LogP contribution in [0.5, 0.6) is 0 Å². The average Bonchev–Trinajstić information content (AvgIpc) is 3.22. The van der Waals surface area contributed by atoms with E-state index in [0.29, 0.717) is 6.61 Å². The van der Waals surface area contributed by atoms with Crippen molar-refractivity contribution in [1.82, 2.24) is 5.32 Å². The molecule has 3 rings (SSSR count). The van der Waals surface area contributed by atoms with E-state index in [1.807, 2.05) is 6.92 Å². The Morgan fingerprint density at radius 1 is 1.15 bits per heavy atom. The van der Waals surface area contributed by atoms with E-state index in [1.165, 1.54) is 6.92 Å². The van der Waals surface area contributed by atoms with Crippen LogP contribution in [0.4, 0.5) is 0 Å². The van der Waals surface area contributed by atoms with E-state index in [9.17, 15) is 25.2 Å². The lowest BCUT2D eigenvalue weighted by molar-refractivity contribution is -0.280. The molecule has 5 N–H and O–H groups in total. The first-order valence-corrected chi connectivity index (χ1v) is 11.4. The van der Waals surface area contributed by atoms with E-state index in [-0.39, 0.29) is 6.61 Å². The van der Waals surface area contributed by atoms with E-state index < -0.39 is 79.7 Å². The first-order chi connectivity index (χ1) is 15.6. The molecule has 0 unspecified atom stereocenters. The predicted octanol–water partition coefficient (Wildman–Crippen LogP) is -1.63. The molecule has 1 amide bonds. The fraction of sp³-hybridized carbons (Fsp3) is 0.952. The number of nitrogens with one attached hydrogen (secondary N) is 1. The smallest absolute Gasteiger partial charge is 0.217 e. The highest BCUT2D eigenvalue weighted by Gasteiger charge is 2.57. The molecule has 3 aliphatic heterocycles. The Labute approximate surface area is 193 Å². The van der Waals surface area contributed by atoms with Gasteiger partial charge < -0.3 is 54.2 Å². The average molecular weight is 480 g/mol. The van der Waals surface area contributed by atoms with Gasteiger partial charge in [0, 0.05) is 13.5 Å². The number of amides is 1. The molecule has 0 aliphatic carbocycles. The van der Waals surface area contributed by atoms with E-state index in [4.69, 9.17) is 28.4 Å². The third kappa shape index (κ3) is 6.20. The number of hydrogen-bond donors (Lipinski definition) is 5. The van der Waals surface area contributed by atoms with Crippen LogP contribution in [-0.4, -0.2) is 113 Å². The molecule has 0 aromatic rings. The summed E-state index contributed by atoms with van der Waals surface area (Å²) in [5.74, 6) is -1.31. The van der Waals surface area contributed by atoms with Gasteiger partial charge in [0.25, 0.3) is 0 Å². The Bertz CT molecular complexity index is 650. The van der Waals surface area contributed by atoms with Crippen molar-refractivity contribution in [3.05, 3.63) is 0 Å². The molecule has 0 spiro atoms. The lowest BCUT2D eigenvalue weighted by Crippen LogP contribution is -2.64. The first kappa shape index (κ1) is 26.7. The van der Waals surface area contributed by atoms with E-state index >= 15 is 0 Å². The zero-order valence-corrected chi connectivity index (χ0v) is 19.5. The lowest BCUT2D eigenvalue weighted by atomic mass is 9.97. The number of carbonyl (C=O) groups is 1. The number of ether oxygens (including phenoxy) is 6. The second-order valence-corrected chi connectivity index (χ2v) is 9.09. The summed E-state index contributed by atoms with van der Waals surface area (Å²) in [6.07, 6.45) is -7.30. The van der Waals surface area contributed by atoms with Gasteiger partial charge in [0.05, 0.1) is 13.2 Å². The molecule has 192 valence electrons. The summed E-state index contributed by atoms with van der Waals surface area (Å²) >= 11 is 0. The van der Waals surface area contributed by atoms with Crippen LogP contribution >= 0.6 is 0 Å². The molecule has 3 saturated heterocycles. The minimum Gasteiger partial charge on any atom is -0.394 e. The third-order valence-electron chi connectivity index (χ3n) is 5.90. The summed E-state index contributed by atoms with van der Waals surface area (Å²) in [5.41, 5.74) is 0. The van der Waals surface area contributed by atoms with Gasteiger partial charge in [-0.2, -0.15) is 0 Å². The van der Waals surface area contributed by atoms with Crippen molar-refractivity contribution < 1.29 is 53.6 Å². The molecule has 0 bridgehead atoms. The Morgan fingerprint density at radius 2 is 1.88 bits per heavy atom. The van der Waals surface area contributed by atoms with Crippen molar-refractivity contribution in [2.45, 2.75) is 108 Å². The summed E-state index contributed by atoms with van der Waals surface area (Å²) in [6.45, 7) is 6.41. The maximum absolute atomic E-state index is 11.6. The molecule has 3 heterocycles. The molecular weight excluding hydrogens is 442 g/mol. The molecule has 12 heteroatoms. The summed E-state index contributed by atoms with van der Waals surface area (Å²) in [4.78, 5) is 11.6. The van der Waals surface area contributed by atoms with Crippen molar-refractivity contribution in [2.24, 2.45) is 0 Å². The topological polar surface area (TPSA) is 165 Å². The van der Waals surface area contributed by atoms with Crippen molar-refractivity contribution in [1.29, 1.82) is 0 Å². The molecule has 12 nitrogen and oxygen atoms in total. The predicted molar refractivity (Wildman–Crippen MR) is 111 cm³/mol. The fourth-order valence-electron chi connectivity index (χ4n) is 4.27. The second-order valence-electron chi connectivity index (χ2n) is 9.09. The van der Waals surface area contributed by atoms with Crippen LogP contribution in [-0.2, 0) is 33.2 Å². The number of carbonyl (C=O) groups excluding carboxylic acids is 1. The number of unbranched alkanes of at least 4 members (excludes halogenated alkanes) is 1. The van der Waals surface area contributed by atoms with Crippen LogP contribution in [0.3, 0.4) is 0 Å². The third-order valence-corrected chi connectivity index (χ3v) is 5.90. The molecule has 0 saturated carbocycles. The Morgan fingerprint density at radius 3 is 2.52 bits per heavy atom. The van der Waals surface area contributed by atoms with E-state index in [1.54, 1.807) is 13.8 Å². The van der Waals surface area contributed by atoms with Gasteiger partial charge in [0.15, 0.2) is 18.4 Å². The van der Waals surface area contributed by atoms with Gasteiger partial charge in [0.1, 0.15) is 48.8 Å². The summed E-state index contributed by atoms with van der Waals surface area (Å²) < 4.78 is 34.8. The summed E-state index contributed by atoms with van der Waals surface area (Å²) in [6, 6.07) is -1.11. The van der Waals surface area contributed by atoms with Gasteiger partial charge >= 0.3 is 0 Å². The largest absolute Gasteiger partial charge is 0.394 e. The Hall–Kier alpha value is -0.930. The quantitative estimate of drug-likeness (QED) is 0.228. The number of hydrogen-bond acceptors (Lipinski definition) is 11. The number of fused-ring (bicyclic) bond motifs is 1. The van der Waals surface area contributed by atoms with E-state index in [2.05, 4.69) is 5.32 Å². The van der Waals surface area contributed by atoms with Gasteiger partial charge in [-0.1, -0.05) is 13.3 Å². The molecule has 10 atom stereocenters. The number of rotatable bonds is 10. The van der Waals surface area contributed by atoms with Gasteiger partial charge in [-0.15, -0.1) is 0 Å². The van der Waals surface area contributed by atoms with Crippen molar-refractivity contribution in [3.8, 4) is 0 Å². The SMILES string of the molecule is CCCCO[C@@H]1[C@H]2OC(C)(C)O[C@@H]2O[C@@H]1[C@H](O)CO[C@H]1O[C@@H](CO)[C@@H](O)[C@@H](O)[C@H]1NC(C)=O. The standard InChI is InChI=1S/C21H37NO11/c1-5-6-7-28-17-16(31-20-18(17)32-21(3,4)33-20)11(25)9-29-19-13(22-10(2)24)15(27)14(26)12(8-23)30-19/h11-20,23,25-27H,5-9H2,1-4H3,(H,22,24)/t11-,12+,13-,14-,15+,16-,17+,18-,19+,20+/m1/s1. The van der Waals surface area contributed by atoms with Crippen LogP contribution in [0, 0.1) is 0 Å². The first-order valence-electron chi connectivity index (χ1n) is 11.4. The van der Waals surface area contributed by atoms with Crippen LogP contribution in [0.15, 0.2) is 0 Å². The lowest BCUT2D eigenvalue weighted by Gasteiger charge is -2.42. The second kappa shape index (κ2) is 11.2. The van der Waals surface area contributed by atoms with Crippen LogP contribution in [0.1, 0.15) is 40.5 Å². The maximum atomic E-state index is 11.6. The Kier molecular flexibility index (Phi) is 9.06. The highest BCUT2D eigenvalue weighted by molar-refractivity contribution is 5.73.